The predicted molar refractivity (Wildman–Crippen MR) is 96.6 cm³/mol. The van der Waals surface area contributed by atoms with Crippen LogP contribution in [0.25, 0.3) is 0 Å². The summed E-state index contributed by atoms with van der Waals surface area (Å²) in [6, 6.07) is 0. The second kappa shape index (κ2) is 13.6. The second-order valence-corrected chi connectivity index (χ2v) is 6.92. The Morgan fingerprint density at radius 1 is 0.885 bits per heavy atom. The minimum Gasteiger partial charge on any atom is -0.479 e. The van der Waals surface area contributed by atoms with Crippen molar-refractivity contribution in [3.05, 3.63) is 0 Å². The van der Waals surface area contributed by atoms with Crippen LogP contribution in [0.4, 0.5) is 0 Å². The molecule has 0 aliphatic rings. The van der Waals surface area contributed by atoms with Crippen molar-refractivity contribution in [1.82, 2.24) is 0 Å². The SMILES string of the molecule is CCCCCCCCCCOC(=O)CC(O)(CC(=O)OC(C)C)C(=O)O. The van der Waals surface area contributed by atoms with Gasteiger partial charge in [0.05, 0.1) is 25.6 Å². The quantitative estimate of drug-likeness (QED) is 0.334. The van der Waals surface area contributed by atoms with Crippen LogP contribution in [0.3, 0.4) is 0 Å². The minimum absolute atomic E-state index is 0.180. The van der Waals surface area contributed by atoms with E-state index in [1.165, 1.54) is 25.7 Å². The van der Waals surface area contributed by atoms with Crippen LogP contribution in [0.5, 0.6) is 0 Å². The summed E-state index contributed by atoms with van der Waals surface area (Å²) in [4.78, 5) is 34.6. The first-order valence-corrected chi connectivity index (χ1v) is 9.52. The number of hydrogen-bond donors (Lipinski definition) is 2. The number of unbranched alkanes of at least 4 members (excludes halogenated alkanes) is 7. The van der Waals surface area contributed by atoms with Crippen LogP contribution in [0.15, 0.2) is 0 Å². The molecule has 0 rings (SSSR count). The van der Waals surface area contributed by atoms with Gasteiger partial charge in [-0.15, -0.1) is 0 Å². The molecule has 0 saturated heterocycles. The number of aliphatic carboxylic acids is 1. The van der Waals surface area contributed by atoms with Crippen LogP contribution in [0.2, 0.25) is 0 Å². The molecule has 1 atom stereocenters. The van der Waals surface area contributed by atoms with Crippen molar-refractivity contribution in [3.63, 3.8) is 0 Å². The summed E-state index contributed by atoms with van der Waals surface area (Å²) in [6.07, 6.45) is 6.78. The third-order valence-electron chi connectivity index (χ3n) is 3.90. The largest absolute Gasteiger partial charge is 0.479 e. The van der Waals surface area contributed by atoms with Crippen molar-refractivity contribution < 1.29 is 34.1 Å². The molecule has 26 heavy (non-hydrogen) atoms. The maximum absolute atomic E-state index is 11.8. The van der Waals surface area contributed by atoms with Crippen molar-refractivity contribution in [1.29, 1.82) is 0 Å². The summed E-state index contributed by atoms with van der Waals surface area (Å²) in [6.45, 7) is 5.57. The summed E-state index contributed by atoms with van der Waals surface area (Å²) in [7, 11) is 0. The molecule has 1 unspecified atom stereocenters. The Kier molecular flexibility index (Phi) is 12.7. The minimum atomic E-state index is -2.51. The molecule has 0 aromatic carbocycles. The van der Waals surface area contributed by atoms with Crippen LogP contribution in [-0.4, -0.2) is 46.4 Å². The highest BCUT2D eigenvalue weighted by molar-refractivity contribution is 5.89. The zero-order valence-electron chi connectivity index (χ0n) is 16.3. The number of carboxylic acid groups (broad SMARTS) is 1. The molecule has 0 fully saturated rings. The topological polar surface area (TPSA) is 110 Å². The Bertz CT molecular complexity index is 434. The molecule has 0 aromatic rings. The van der Waals surface area contributed by atoms with Gasteiger partial charge in [-0.1, -0.05) is 51.9 Å². The fourth-order valence-corrected chi connectivity index (χ4v) is 2.47. The predicted octanol–water partition coefficient (Wildman–Crippen LogP) is 3.22. The number of carboxylic acids is 1. The van der Waals surface area contributed by atoms with E-state index in [1.54, 1.807) is 13.8 Å². The van der Waals surface area contributed by atoms with Crippen LogP contribution >= 0.6 is 0 Å². The van der Waals surface area contributed by atoms with E-state index in [4.69, 9.17) is 14.6 Å². The van der Waals surface area contributed by atoms with E-state index >= 15 is 0 Å². The number of hydrogen-bond acceptors (Lipinski definition) is 6. The van der Waals surface area contributed by atoms with Crippen molar-refractivity contribution in [3.8, 4) is 0 Å². The van der Waals surface area contributed by atoms with Gasteiger partial charge < -0.3 is 19.7 Å². The van der Waals surface area contributed by atoms with E-state index in [0.29, 0.717) is 6.42 Å². The zero-order chi connectivity index (χ0) is 20.0. The van der Waals surface area contributed by atoms with Gasteiger partial charge in [0.2, 0.25) is 0 Å². The van der Waals surface area contributed by atoms with Crippen molar-refractivity contribution in [2.75, 3.05) is 6.61 Å². The molecule has 0 aliphatic heterocycles. The molecule has 7 heteroatoms. The molecule has 0 aliphatic carbocycles. The highest BCUT2D eigenvalue weighted by atomic mass is 16.5. The Morgan fingerprint density at radius 2 is 1.38 bits per heavy atom. The van der Waals surface area contributed by atoms with E-state index < -0.39 is 42.5 Å². The second-order valence-electron chi connectivity index (χ2n) is 6.92. The van der Waals surface area contributed by atoms with Gasteiger partial charge in [-0.2, -0.15) is 0 Å². The third kappa shape index (κ3) is 11.8. The first kappa shape index (κ1) is 24.4. The monoisotopic (exact) mass is 374 g/mol. The van der Waals surface area contributed by atoms with E-state index in [0.717, 1.165) is 19.3 Å². The first-order chi connectivity index (χ1) is 12.2. The summed E-state index contributed by atoms with van der Waals surface area (Å²) < 4.78 is 9.81. The Morgan fingerprint density at radius 3 is 1.88 bits per heavy atom. The number of ether oxygens (including phenoxy) is 2. The van der Waals surface area contributed by atoms with Crippen LogP contribution in [-0.2, 0) is 23.9 Å². The van der Waals surface area contributed by atoms with Gasteiger partial charge in [-0.3, -0.25) is 9.59 Å². The van der Waals surface area contributed by atoms with Crippen molar-refractivity contribution in [2.45, 2.75) is 96.7 Å². The number of carbonyl (C=O) groups is 3. The Hall–Kier alpha value is -1.63. The number of aliphatic hydroxyl groups is 1. The molecule has 7 nitrogen and oxygen atoms in total. The molecular formula is C19H34O7. The molecular weight excluding hydrogens is 340 g/mol. The molecule has 0 heterocycles. The fourth-order valence-electron chi connectivity index (χ4n) is 2.47. The van der Waals surface area contributed by atoms with Gasteiger partial charge in [-0.25, -0.2) is 4.79 Å². The number of esters is 2. The van der Waals surface area contributed by atoms with E-state index in [-0.39, 0.29) is 6.61 Å². The van der Waals surface area contributed by atoms with Gasteiger partial charge in [0.15, 0.2) is 5.60 Å². The maximum atomic E-state index is 11.8. The van der Waals surface area contributed by atoms with Gasteiger partial charge in [-0.05, 0) is 20.3 Å². The Labute approximate surface area is 156 Å². The third-order valence-corrected chi connectivity index (χ3v) is 3.90. The normalized spacial score (nSPS) is 13.3. The van der Waals surface area contributed by atoms with Gasteiger partial charge in [0.25, 0.3) is 0 Å². The number of carbonyl (C=O) groups excluding carboxylic acids is 2. The molecule has 0 amide bonds. The highest BCUT2D eigenvalue weighted by Crippen LogP contribution is 2.18. The number of rotatable bonds is 15. The molecule has 0 radical (unpaired) electrons. The standard InChI is InChI=1S/C19H34O7/c1-4-5-6-7-8-9-10-11-12-25-16(20)13-19(24,18(22)23)14-17(21)26-15(2)3/h15,24H,4-14H2,1-3H3,(H,22,23). The van der Waals surface area contributed by atoms with E-state index in [1.807, 2.05) is 0 Å². The summed E-state index contributed by atoms with van der Waals surface area (Å²) in [5, 5.41) is 19.2. The smallest absolute Gasteiger partial charge is 0.336 e. The fraction of sp³-hybridized carbons (Fsp3) is 0.842. The van der Waals surface area contributed by atoms with Gasteiger partial charge >= 0.3 is 17.9 Å². The molecule has 152 valence electrons. The summed E-state index contributed by atoms with van der Waals surface area (Å²) >= 11 is 0. The molecule has 2 N–H and O–H groups in total. The average molecular weight is 374 g/mol. The highest BCUT2D eigenvalue weighted by Gasteiger charge is 2.42. The van der Waals surface area contributed by atoms with E-state index in [9.17, 15) is 19.5 Å². The lowest BCUT2D eigenvalue weighted by molar-refractivity contribution is -0.174. The molecule has 0 bridgehead atoms. The molecule has 0 aromatic heterocycles. The van der Waals surface area contributed by atoms with Gasteiger partial charge in [0, 0.05) is 0 Å². The summed E-state index contributed by atoms with van der Waals surface area (Å²) in [5.41, 5.74) is -2.51. The average Bonchev–Trinajstić information content (AvgIpc) is 2.52. The van der Waals surface area contributed by atoms with Crippen LogP contribution in [0.1, 0.15) is 85.0 Å². The lowest BCUT2D eigenvalue weighted by atomic mass is 9.96. The van der Waals surface area contributed by atoms with E-state index in [2.05, 4.69) is 6.92 Å². The zero-order valence-corrected chi connectivity index (χ0v) is 16.3. The first-order valence-electron chi connectivity index (χ1n) is 9.52. The van der Waals surface area contributed by atoms with Crippen LogP contribution in [0, 0.1) is 0 Å². The lowest BCUT2D eigenvalue weighted by Gasteiger charge is -2.22. The molecule has 0 spiro atoms. The summed E-state index contributed by atoms with van der Waals surface area (Å²) in [5.74, 6) is -3.36. The van der Waals surface area contributed by atoms with Crippen molar-refractivity contribution in [2.24, 2.45) is 0 Å². The van der Waals surface area contributed by atoms with Crippen molar-refractivity contribution >= 4 is 17.9 Å². The molecule has 0 saturated carbocycles. The van der Waals surface area contributed by atoms with Gasteiger partial charge in [0.1, 0.15) is 0 Å². The van der Waals surface area contributed by atoms with Crippen LogP contribution < -0.4 is 0 Å². The lowest BCUT2D eigenvalue weighted by Crippen LogP contribution is -2.43. The Balaban J connectivity index is 4.08. The maximum Gasteiger partial charge on any atom is 0.336 e.